The van der Waals surface area contributed by atoms with Gasteiger partial charge in [-0.05, 0) is 152 Å². The number of amides is 5. The summed E-state index contributed by atoms with van der Waals surface area (Å²) in [7, 11) is 2.09. The summed E-state index contributed by atoms with van der Waals surface area (Å²) in [6, 6.07) is 18.9. The van der Waals surface area contributed by atoms with Crippen LogP contribution in [0.2, 0.25) is 0 Å². The van der Waals surface area contributed by atoms with Crippen LogP contribution in [0.3, 0.4) is 0 Å². The smallest absolute Gasteiger partial charge is 0.238 e. The number of fused-ring (bicyclic) bond motifs is 3. The molecule has 8 heterocycles. The van der Waals surface area contributed by atoms with Gasteiger partial charge in [-0.3, -0.25) is 34.3 Å². The van der Waals surface area contributed by atoms with Crippen molar-refractivity contribution in [2.75, 3.05) is 61.4 Å². The summed E-state index contributed by atoms with van der Waals surface area (Å²) in [5.74, 6) is -0.466. The van der Waals surface area contributed by atoms with E-state index in [4.69, 9.17) is 9.97 Å². The van der Waals surface area contributed by atoms with E-state index in [0.717, 1.165) is 77.9 Å². The van der Waals surface area contributed by atoms with Crippen LogP contribution in [0.25, 0.3) is 22.3 Å². The van der Waals surface area contributed by atoms with E-state index in [-0.39, 0.29) is 71.1 Å². The number of hydrogen-bond donors (Lipinski definition) is 2. The Morgan fingerprint density at radius 3 is 2.16 bits per heavy atom. The molecule has 0 radical (unpaired) electrons. The van der Waals surface area contributed by atoms with Crippen LogP contribution in [0.15, 0.2) is 73.3 Å². The van der Waals surface area contributed by atoms with E-state index in [9.17, 15) is 19.2 Å². The third-order valence-electron chi connectivity index (χ3n) is 18.8. The van der Waals surface area contributed by atoms with E-state index in [1.165, 1.54) is 25.5 Å². The number of halogens is 1. The highest BCUT2D eigenvalue weighted by molar-refractivity contribution is 6.09. The van der Waals surface area contributed by atoms with Crippen molar-refractivity contribution in [3.05, 3.63) is 90.3 Å². The molecule has 77 heavy (non-hydrogen) atoms. The Morgan fingerprint density at radius 2 is 1.49 bits per heavy atom. The van der Waals surface area contributed by atoms with Gasteiger partial charge in [-0.2, -0.15) is 0 Å². The maximum absolute atomic E-state index is 15.3. The third-order valence-corrected chi connectivity index (χ3v) is 18.8. The predicted molar refractivity (Wildman–Crippen MR) is 293 cm³/mol. The summed E-state index contributed by atoms with van der Waals surface area (Å²) in [6.07, 6.45) is 16.6. The Hall–Kier alpha value is -6.75. The van der Waals surface area contributed by atoms with E-state index in [0.29, 0.717) is 95.1 Å². The first-order valence-corrected chi connectivity index (χ1v) is 28.5. The lowest BCUT2D eigenvalue weighted by atomic mass is 9.72. The van der Waals surface area contributed by atoms with Gasteiger partial charge in [-0.15, -0.1) is 0 Å². The lowest BCUT2D eigenvalue weighted by Gasteiger charge is -2.48. The second-order valence-corrected chi connectivity index (χ2v) is 23.5. The van der Waals surface area contributed by atoms with Crippen LogP contribution in [0, 0.1) is 17.7 Å². The van der Waals surface area contributed by atoms with Crippen molar-refractivity contribution >= 4 is 63.4 Å². The zero-order valence-corrected chi connectivity index (χ0v) is 44.8. The van der Waals surface area contributed by atoms with Crippen LogP contribution in [0.1, 0.15) is 133 Å². The number of aromatic nitrogens is 4. The van der Waals surface area contributed by atoms with E-state index < -0.39 is 11.2 Å². The van der Waals surface area contributed by atoms with Crippen LogP contribution < -0.4 is 20.4 Å². The van der Waals surface area contributed by atoms with Crippen molar-refractivity contribution in [2.45, 2.75) is 146 Å². The van der Waals surface area contributed by atoms with Crippen LogP contribution in [-0.2, 0) is 29.4 Å². The number of piperidine rings is 4. The lowest BCUT2D eigenvalue weighted by Crippen LogP contribution is -2.58. The number of nitrogens with zero attached hydrogens (tertiary/aromatic N) is 9. The first-order chi connectivity index (χ1) is 37.3. The molecule has 5 amide bonds. The molecule has 12 rings (SSSR count). The number of imide groups is 1. The number of carbonyl (C=O) groups is 5. The quantitative estimate of drug-likeness (QED) is 0.122. The largest absolute Gasteiger partial charge is 0.371 e. The molecule has 3 aromatic heterocycles. The monoisotopic (exact) mass is 1050 g/mol. The van der Waals surface area contributed by atoms with Gasteiger partial charge in [0.1, 0.15) is 5.52 Å². The molecule has 2 aliphatic carbocycles. The number of likely N-dealkylation sites (tertiary alicyclic amines) is 3. The third kappa shape index (κ3) is 9.53. The van der Waals surface area contributed by atoms with Crippen molar-refractivity contribution in [3.63, 3.8) is 0 Å². The fourth-order valence-electron chi connectivity index (χ4n) is 14.1. The molecule has 0 bridgehead atoms. The van der Waals surface area contributed by atoms with Gasteiger partial charge < -0.3 is 34.4 Å². The highest BCUT2D eigenvalue weighted by atomic mass is 19.1. The second kappa shape index (κ2) is 20.9. The molecule has 0 unspecified atom stereocenters. The number of imidazole rings is 1. The van der Waals surface area contributed by atoms with Crippen molar-refractivity contribution < 1.29 is 28.4 Å². The van der Waals surface area contributed by atoms with Crippen molar-refractivity contribution in [1.29, 1.82) is 0 Å². The fourth-order valence-corrected chi connectivity index (χ4v) is 14.1. The zero-order valence-electron chi connectivity index (χ0n) is 44.8. The summed E-state index contributed by atoms with van der Waals surface area (Å²) >= 11 is 0. The molecule has 16 nitrogen and oxygen atoms in total. The Labute approximate surface area is 450 Å². The number of rotatable bonds is 11. The van der Waals surface area contributed by atoms with E-state index in [1.807, 2.05) is 44.7 Å². The highest BCUT2D eigenvalue weighted by Crippen LogP contribution is 2.53. The van der Waals surface area contributed by atoms with Gasteiger partial charge >= 0.3 is 0 Å². The summed E-state index contributed by atoms with van der Waals surface area (Å²) in [5.41, 5.74) is 6.45. The average molecular weight is 1050 g/mol. The average Bonchev–Trinajstić information content (AvgIpc) is 4.20. The Bertz CT molecular complexity index is 3070. The van der Waals surface area contributed by atoms with Gasteiger partial charge in [0.05, 0.1) is 40.8 Å². The standard InChI is InChI=1S/C60H72FN11O5/c1-37(2)71-36-63-51-34-50(65-55(54(51)71)64-49-19-24-62-35-48(49)61)41-13-17-47-52(31-41)72(45-32-44(33-45)68-25-5-4-6-26-68)59(77)60(47)22-29-70(30-23-60)58(76)40-9-7-39(8-10-40)57(75)69-27-20-43(21-28-69)67(3)42-14-11-38(12-15-42)46-16-18-53(73)66-56(46)74/h11-15,17,19,24,31,34-37,39-40,43-46H,4-10,16,18,20-23,25-30,32-33H2,1-3H3,(H,62,64,65)(H,66,73,74)/t39?,40?,44?,45?,46-/m1/s1. The molecule has 1 atom stereocenters. The Morgan fingerprint density at radius 1 is 0.805 bits per heavy atom. The molecule has 2 N–H and O–H groups in total. The molecular formula is C60H72FN11O5. The lowest BCUT2D eigenvalue weighted by molar-refractivity contribution is -0.143. The van der Waals surface area contributed by atoms with Crippen LogP contribution in [0.4, 0.5) is 27.3 Å². The molecule has 5 aromatic rings. The van der Waals surface area contributed by atoms with Crippen LogP contribution in [-0.4, -0.2) is 128 Å². The van der Waals surface area contributed by atoms with Crippen molar-refractivity contribution in [3.8, 4) is 11.3 Å². The highest BCUT2D eigenvalue weighted by Gasteiger charge is 2.56. The molecule has 6 fully saturated rings. The minimum atomic E-state index is -0.742. The second-order valence-electron chi connectivity index (χ2n) is 23.5. The minimum absolute atomic E-state index is 0.0789. The van der Waals surface area contributed by atoms with Gasteiger partial charge in [-0.1, -0.05) is 30.7 Å². The first-order valence-electron chi connectivity index (χ1n) is 28.5. The summed E-state index contributed by atoms with van der Waals surface area (Å²) in [4.78, 5) is 92.6. The van der Waals surface area contributed by atoms with E-state index >= 15 is 9.18 Å². The SMILES string of the molecule is CC(C)n1cnc2cc(-c3ccc4c(c3)N(C3CC(N5CCCCC5)C3)C(=O)C43CCN(C(=O)C4CCC(C(=O)N5CCC(N(C)c6ccc([C@H]7CCC(=O)NC7=O)cc6)CC5)CC4)CC3)nc(Nc3ccncc3F)c21. The number of benzene rings is 2. The van der Waals surface area contributed by atoms with Gasteiger partial charge in [0.25, 0.3) is 0 Å². The minimum Gasteiger partial charge on any atom is -0.371 e. The Kier molecular flexibility index (Phi) is 13.8. The molecule has 404 valence electrons. The van der Waals surface area contributed by atoms with Crippen LogP contribution in [0.5, 0.6) is 0 Å². The molecule has 17 heteroatoms. The number of hydrogen-bond acceptors (Lipinski definition) is 11. The summed E-state index contributed by atoms with van der Waals surface area (Å²) in [5, 5.41) is 5.71. The van der Waals surface area contributed by atoms with E-state index in [1.54, 1.807) is 18.6 Å². The number of nitrogens with one attached hydrogen (secondary N) is 2. The molecule has 2 aromatic carbocycles. The summed E-state index contributed by atoms with van der Waals surface area (Å²) in [6.45, 7) is 8.78. The Balaban J connectivity index is 0.701. The molecule has 2 saturated carbocycles. The molecule has 7 aliphatic rings. The fraction of sp³-hybridized carbons (Fsp3) is 0.533. The van der Waals surface area contributed by atoms with Crippen molar-refractivity contribution in [2.24, 2.45) is 11.8 Å². The zero-order chi connectivity index (χ0) is 53.1. The predicted octanol–water partition coefficient (Wildman–Crippen LogP) is 8.63. The van der Waals surface area contributed by atoms with Crippen molar-refractivity contribution in [1.82, 2.24) is 39.5 Å². The van der Waals surface area contributed by atoms with Gasteiger partial charge in [0.15, 0.2) is 11.6 Å². The molecular weight excluding hydrogens is 974 g/mol. The molecule has 1 spiro atoms. The topological polar surface area (TPSA) is 169 Å². The number of anilines is 4. The number of pyridine rings is 2. The maximum Gasteiger partial charge on any atom is 0.238 e. The van der Waals surface area contributed by atoms with Gasteiger partial charge in [0, 0.05) is 98.8 Å². The molecule has 5 aliphatic heterocycles. The van der Waals surface area contributed by atoms with Gasteiger partial charge in [-0.25, -0.2) is 14.4 Å². The summed E-state index contributed by atoms with van der Waals surface area (Å²) < 4.78 is 17.1. The van der Waals surface area contributed by atoms with Gasteiger partial charge in [0.2, 0.25) is 29.5 Å². The molecule has 4 saturated heterocycles. The van der Waals surface area contributed by atoms with Crippen LogP contribution >= 0.6 is 0 Å². The first kappa shape index (κ1) is 51.0. The number of carbonyl (C=O) groups excluding carboxylic acids is 5. The maximum atomic E-state index is 15.3. The normalized spacial score (nSPS) is 25.0. The van der Waals surface area contributed by atoms with E-state index in [2.05, 4.69) is 69.4 Å².